The van der Waals surface area contributed by atoms with Crippen molar-refractivity contribution in [3.8, 4) is 0 Å². The van der Waals surface area contributed by atoms with Crippen LogP contribution >= 0.6 is 0 Å². The largest absolute Gasteiger partial charge is 0.465 e. The van der Waals surface area contributed by atoms with Crippen LogP contribution in [0.2, 0.25) is 0 Å². The van der Waals surface area contributed by atoms with E-state index in [1.54, 1.807) is 27.7 Å². The molecule has 10 heteroatoms. The maximum absolute atomic E-state index is 11.5. The number of hydrogen-bond donors (Lipinski definition) is 0. The first-order chi connectivity index (χ1) is 20.1. The van der Waals surface area contributed by atoms with Gasteiger partial charge in [0.15, 0.2) is 0 Å². The van der Waals surface area contributed by atoms with Crippen LogP contribution in [0.5, 0.6) is 0 Å². The van der Waals surface area contributed by atoms with Gasteiger partial charge in [0.25, 0.3) is 0 Å². The van der Waals surface area contributed by atoms with Gasteiger partial charge in [0.05, 0.1) is 18.9 Å². The van der Waals surface area contributed by atoms with E-state index in [-0.39, 0.29) is 59.9 Å². The Kier molecular flexibility index (Phi) is 11.0. The number of carbonyl (C=O) groups excluding carboxylic acids is 5. The van der Waals surface area contributed by atoms with Gasteiger partial charge in [0, 0.05) is 35.0 Å². The molecule has 2 bridgehead atoms. The molecular formula is C33H46O10. The molecular weight excluding hydrogens is 556 g/mol. The summed E-state index contributed by atoms with van der Waals surface area (Å²) in [6.45, 7) is 19.6. The molecule has 0 aromatic carbocycles. The second-order valence-corrected chi connectivity index (χ2v) is 12.7. The predicted molar refractivity (Wildman–Crippen MR) is 156 cm³/mol. The molecule has 10 nitrogen and oxygen atoms in total. The molecule has 0 aromatic heterocycles. The lowest BCUT2D eigenvalue weighted by molar-refractivity contribution is -0.172. The number of cyclic esters (lactones) is 1. The minimum absolute atomic E-state index is 0.0646. The molecule has 2 aliphatic heterocycles. The summed E-state index contributed by atoms with van der Waals surface area (Å²) in [6, 6.07) is 0. The maximum Gasteiger partial charge on any atom is 0.333 e. The zero-order valence-corrected chi connectivity index (χ0v) is 26.2. The SMILES string of the molecule is C=C(C)C(=O)OC1(C)CCOC(=O)C1.C=C(C)C(=O)OC1(CC)CCCC1.C=C(C)C(=O)OC1C2CC3C(=O)OC1C3C2. The minimum Gasteiger partial charge on any atom is -0.465 e. The lowest BCUT2D eigenvalue weighted by atomic mass is 9.88. The fourth-order valence-electron chi connectivity index (χ4n) is 6.34. The molecule has 6 unspecified atom stereocenters. The van der Waals surface area contributed by atoms with Crippen molar-refractivity contribution in [2.24, 2.45) is 17.8 Å². The van der Waals surface area contributed by atoms with Crippen molar-refractivity contribution in [2.45, 2.75) is 116 Å². The average Bonchev–Trinajstić information content (AvgIpc) is 3.68. The third kappa shape index (κ3) is 8.36. The second kappa shape index (κ2) is 13.9. The normalized spacial score (nSPS) is 30.8. The number of esters is 5. The number of ether oxygens (including phenoxy) is 5. The first-order valence-corrected chi connectivity index (χ1v) is 15.1. The summed E-state index contributed by atoms with van der Waals surface area (Å²) in [6.07, 6.45) is 7.30. The molecule has 0 radical (unpaired) electrons. The third-order valence-electron chi connectivity index (χ3n) is 8.92. The van der Waals surface area contributed by atoms with Gasteiger partial charge in [0.2, 0.25) is 0 Å². The second-order valence-electron chi connectivity index (χ2n) is 12.7. The number of fused-ring (bicyclic) bond motifs is 1. The Bertz CT molecular complexity index is 1160. The van der Waals surface area contributed by atoms with Crippen LogP contribution in [0.1, 0.15) is 92.4 Å². The van der Waals surface area contributed by atoms with Crippen molar-refractivity contribution in [1.29, 1.82) is 0 Å². The highest BCUT2D eigenvalue weighted by molar-refractivity contribution is 5.88. The Morgan fingerprint density at radius 2 is 1.47 bits per heavy atom. The first-order valence-electron chi connectivity index (χ1n) is 15.1. The molecule has 43 heavy (non-hydrogen) atoms. The molecule has 0 spiro atoms. The Labute approximate surface area is 254 Å². The van der Waals surface area contributed by atoms with Crippen molar-refractivity contribution in [3.05, 3.63) is 36.5 Å². The fraction of sp³-hybridized carbons (Fsp3) is 0.667. The molecule has 0 aromatic rings. The number of carbonyl (C=O) groups is 5. The van der Waals surface area contributed by atoms with Crippen LogP contribution in [-0.4, -0.2) is 59.9 Å². The molecule has 238 valence electrons. The average molecular weight is 603 g/mol. The van der Waals surface area contributed by atoms with Gasteiger partial charge in [-0.3, -0.25) is 9.59 Å². The van der Waals surface area contributed by atoms with E-state index in [1.165, 1.54) is 12.8 Å². The zero-order chi connectivity index (χ0) is 32.1. The zero-order valence-electron chi connectivity index (χ0n) is 26.2. The lowest BCUT2D eigenvalue weighted by Gasteiger charge is -2.32. The fourth-order valence-corrected chi connectivity index (χ4v) is 6.34. The molecule has 3 saturated carbocycles. The molecule has 5 rings (SSSR count). The summed E-state index contributed by atoms with van der Waals surface area (Å²) in [4.78, 5) is 56.5. The van der Waals surface area contributed by atoms with Gasteiger partial charge < -0.3 is 23.7 Å². The molecule has 5 aliphatic rings. The topological polar surface area (TPSA) is 132 Å². The first kappa shape index (κ1) is 34.1. The van der Waals surface area contributed by atoms with E-state index >= 15 is 0 Å². The summed E-state index contributed by atoms with van der Waals surface area (Å²) < 4.78 is 26.1. The monoisotopic (exact) mass is 602 g/mol. The Hall–Kier alpha value is -3.43. The van der Waals surface area contributed by atoms with Crippen LogP contribution in [0, 0.1) is 17.8 Å². The lowest BCUT2D eigenvalue weighted by Crippen LogP contribution is -2.40. The van der Waals surface area contributed by atoms with Gasteiger partial charge in [-0.25, -0.2) is 14.4 Å². The number of hydrogen-bond acceptors (Lipinski definition) is 10. The molecule has 0 amide bonds. The highest BCUT2D eigenvalue weighted by atomic mass is 16.6. The summed E-state index contributed by atoms with van der Waals surface area (Å²) in [7, 11) is 0. The van der Waals surface area contributed by atoms with E-state index in [0.29, 0.717) is 35.7 Å². The van der Waals surface area contributed by atoms with Crippen molar-refractivity contribution in [2.75, 3.05) is 6.61 Å². The van der Waals surface area contributed by atoms with Crippen molar-refractivity contribution in [3.63, 3.8) is 0 Å². The highest BCUT2D eigenvalue weighted by Gasteiger charge is 2.63. The highest BCUT2D eigenvalue weighted by Crippen LogP contribution is 2.55. The molecule has 6 atom stereocenters. The van der Waals surface area contributed by atoms with Gasteiger partial charge in [0.1, 0.15) is 23.4 Å². The molecule has 0 N–H and O–H groups in total. The van der Waals surface area contributed by atoms with E-state index in [0.717, 1.165) is 32.1 Å². The van der Waals surface area contributed by atoms with Gasteiger partial charge in [-0.15, -0.1) is 0 Å². The van der Waals surface area contributed by atoms with E-state index in [1.807, 2.05) is 0 Å². The van der Waals surface area contributed by atoms with Gasteiger partial charge >= 0.3 is 29.8 Å². The van der Waals surface area contributed by atoms with Crippen LogP contribution < -0.4 is 0 Å². The van der Waals surface area contributed by atoms with Gasteiger partial charge in [-0.05, 0) is 72.6 Å². The summed E-state index contributed by atoms with van der Waals surface area (Å²) in [5.74, 6) is -0.854. The van der Waals surface area contributed by atoms with Crippen LogP contribution in [0.25, 0.3) is 0 Å². The molecule has 2 saturated heterocycles. The maximum atomic E-state index is 11.5. The van der Waals surface area contributed by atoms with Crippen molar-refractivity contribution in [1.82, 2.24) is 0 Å². The quantitative estimate of drug-likeness (QED) is 0.221. The third-order valence-corrected chi connectivity index (χ3v) is 8.92. The van der Waals surface area contributed by atoms with Crippen LogP contribution in [0.3, 0.4) is 0 Å². The van der Waals surface area contributed by atoms with Gasteiger partial charge in [-0.2, -0.15) is 0 Å². The standard InChI is InChI=1S/C12H14O4.C11H18O2.C10H14O4/c1-5(2)11(13)15-9-6-3-7-8(4-6)12(14)16-10(7)9;1-4-11(7-5-6-8-11)13-10(12)9(2)3;1-7(2)9(12)14-10(3)4-5-13-8(11)6-10/h6-10H,1,3-4H2,2H3;2,4-8H2,1,3H3;1,4-6H2,2-3H3. The molecule has 2 heterocycles. The summed E-state index contributed by atoms with van der Waals surface area (Å²) in [5.41, 5.74) is 0.329. The Morgan fingerprint density at radius 3 is 2.00 bits per heavy atom. The smallest absolute Gasteiger partial charge is 0.333 e. The van der Waals surface area contributed by atoms with E-state index in [4.69, 9.17) is 23.7 Å². The Balaban J connectivity index is 0.000000178. The van der Waals surface area contributed by atoms with Crippen LogP contribution in [-0.2, 0) is 47.7 Å². The van der Waals surface area contributed by atoms with E-state index in [9.17, 15) is 24.0 Å². The summed E-state index contributed by atoms with van der Waals surface area (Å²) >= 11 is 0. The van der Waals surface area contributed by atoms with Crippen molar-refractivity contribution >= 4 is 29.8 Å². The van der Waals surface area contributed by atoms with Gasteiger partial charge in [-0.1, -0.05) is 26.7 Å². The van der Waals surface area contributed by atoms with E-state index < -0.39 is 11.6 Å². The minimum atomic E-state index is -0.731. The summed E-state index contributed by atoms with van der Waals surface area (Å²) in [5, 5.41) is 0. The van der Waals surface area contributed by atoms with Crippen LogP contribution in [0.15, 0.2) is 36.5 Å². The van der Waals surface area contributed by atoms with Crippen LogP contribution in [0.4, 0.5) is 0 Å². The molecule has 3 aliphatic carbocycles. The number of rotatable bonds is 7. The Morgan fingerprint density at radius 1 is 0.884 bits per heavy atom. The van der Waals surface area contributed by atoms with E-state index in [2.05, 4.69) is 26.7 Å². The predicted octanol–water partition coefficient (Wildman–Crippen LogP) is 5.09. The molecule has 5 fully saturated rings. The van der Waals surface area contributed by atoms with Crippen molar-refractivity contribution < 1.29 is 47.7 Å².